The normalized spacial score (nSPS) is 10.5. The number of aliphatic hydroxyl groups is 2. The van der Waals surface area contributed by atoms with Gasteiger partial charge in [-0.1, -0.05) is 6.07 Å². The van der Waals surface area contributed by atoms with Gasteiger partial charge in [0, 0.05) is 30.9 Å². The minimum Gasteiger partial charge on any atom is -0.395 e. The maximum atomic E-state index is 8.98. The molecule has 4 N–H and O–H groups in total. The van der Waals surface area contributed by atoms with E-state index in [1.807, 2.05) is 24.0 Å². The van der Waals surface area contributed by atoms with Crippen molar-refractivity contribution < 1.29 is 10.2 Å². The Morgan fingerprint density at radius 2 is 1.88 bits per heavy atom. The zero-order chi connectivity index (χ0) is 12.0. The number of pyridine rings is 1. The van der Waals surface area contributed by atoms with E-state index in [4.69, 9.17) is 15.9 Å². The second-order valence-corrected chi connectivity index (χ2v) is 3.57. The summed E-state index contributed by atoms with van der Waals surface area (Å²) in [5, 5.41) is 18.0. The highest BCUT2D eigenvalue weighted by atomic mass is 16.3. The minimum atomic E-state index is 0.0274. The first-order chi connectivity index (χ1) is 7.72. The fraction of sp³-hybridized carbons (Fsp3) is 0.545. The third-order valence-corrected chi connectivity index (χ3v) is 2.35. The van der Waals surface area contributed by atoms with Gasteiger partial charge in [-0.15, -0.1) is 0 Å². The lowest BCUT2D eigenvalue weighted by Crippen LogP contribution is -2.31. The van der Waals surface area contributed by atoms with Crippen molar-refractivity contribution in [3.05, 3.63) is 23.4 Å². The van der Waals surface area contributed by atoms with Gasteiger partial charge in [-0.2, -0.15) is 0 Å². The van der Waals surface area contributed by atoms with Gasteiger partial charge in [-0.05, 0) is 13.0 Å². The molecule has 0 saturated carbocycles. The minimum absolute atomic E-state index is 0.0274. The van der Waals surface area contributed by atoms with Gasteiger partial charge in [0.2, 0.25) is 0 Å². The van der Waals surface area contributed by atoms with Gasteiger partial charge >= 0.3 is 0 Å². The molecule has 0 spiro atoms. The quantitative estimate of drug-likeness (QED) is 0.616. The standard InChI is InChI=1S/C11H19N3O2/c1-9-2-3-10(8-12)11(13-9)14(4-6-15)5-7-16/h2-3,15-16H,4-8,12H2,1H3. The zero-order valence-electron chi connectivity index (χ0n) is 9.56. The van der Waals surface area contributed by atoms with Crippen LogP contribution in [-0.2, 0) is 6.54 Å². The number of aliphatic hydroxyl groups excluding tert-OH is 2. The molecule has 1 heterocycles. The second kappa shape index (κ2) is 6.42. The monoisotopic (exact) mass is 225 g/mol. The Morgan fingerprint density at radius 3 is 2.38 bits per heavy atom. The molecule has 0 radical (unpaired) electrons. The molecular formula is C11H19N3O2. The Balaban J connectivity index is 3.00. The summed E-state index contributed by atoms with van der Waals surface area (Å²) in [5.41, 5.74) is 7.46. The average molecular weight is 225 g/mol. The van der Waals surface area contributed by atoms with Crippen LogP contribution < -0.4 is 10.6 Å². The van der Waals surface area contributed by atoms with Gasteiger partial charge in [0.25, 0.3) is 0 Å². The van der Waals surface area contributed by atoms with Crippen molar-refractivity contribution in [1.82, 2.24) is 4.98 Å². The molecule has 0 amide bonds. The molecule has 5 heteroatoms. The molecule has 1 rings (SSSR count). The van der Waals surface area contributed by atoms with Crippen molar-refractivity contribution in [2.24, 2.45) is 5.73 Å². The Labute approximate surface area is 95.5 Å². The van der Waals surface area contributed by atoms with E-state index < -0.39 is 0 Å². The molecule has 16 heavy (non-hydrogen) atoms. The lowest BCUT2D eigenvalue weighted by Gasteiger charge is -2.24. The van der Waals surface area contributed by atoms with E-state index in [0.29, 0.717) is 19.6 Å². The first-order valence-electron chi connectivity index (χ1n) is 5.36. The number of hydrogen-bond donors (Lipinski definition) is 3. The number of anilines is 1. The fourth-order valence-electron chi connectivity index (χ4n) is 1.57. The summed E-state index contributed by atoms with van der Waals surface area (Å²) in [6.07, 6.45) is 0. The van der Waals surface area contributed by atoms with Gasteiger partial charge in [-0.3, -0.25) is 0 Å². The molecule has 0 atom stereocenters. The number of aromatic nitrogens is 1. The molecule has 90 valence electrons. The first kappa shape index (κ1) is 12.9. The van der Waals surface area contributed by atoms with Crippen LogP contribution in [0.15, 0.2) is 12.1 Å². The Morgan fingerprint density at radius 1 is 1.25 bits per heavy atom. The summed E-state index contributed by atoms with van der Waals surface area (Å²) in [6.45, 7) is 3.25. The molecule has 1 aromatic rings. The number of nitrogens with two attached hydrogens (primary N) is 1. The van der Waals surface area contributed by atoms with Gasteiger partial charge in [0.05, 0.1) is 13.2 Å². The first-order valence-corrected chi connectivity index (χ1v) is 5.36. The number of nitrogens with zero attached hydrogens (tertiary/aromatic N) is 2. The van der Waals surface area contributed by atoms with Crippen molar-refractivity contribution in [1.29, 1.82) is 0 Å². The zero-order valence-corrected chi connectivity index (χ0v) is 9.56. The number of rotatable bonds is 6. The smallest absolute Gasteiger partial charge is 0.133 e. The van der Waals surface area contributed by atoms with E-state index in [1.165, 1.54) is 0 Å². The highest BCUT2D eigenvalue weighted by Gasteiger charge is 2.11. The van der Waals surface area contributed by atoms with E-state index in [0.717, 1.165) is 17.1 Å². The number of aryl methyl sites for hydroxylation is 1. The molecule has 0 saturated heterocycles. The summed E-state index contributed by atoms with van der Waals surface area (Å²) in [4.78, 5) is 6.25. The highest BCUT2D eigenvalue weighted by molar-refractivity contribution is 5.47. The number of hydrogen-bond acceptors (Lipinski definition) is 5. The summed E-state index contributed by atoms with van der Waals surface area (Å²) >= 11 is 0. The fourth-order valence-corrected chi connectivity index (χ4v) is 1.57. The van der Waals surface area contributed by atoms with Crippen molar-refractivity contribution in [3.63, 3.8) is 0 Å². The van der Waals surface area contributed by atoms with Crippen LogP contribution in [0.25, 0.3) is 0 Å². The largest absolute Gasteiger partial charge is 0.395 e. The summed E-state index contributed by atoms with van der Waals surface area (Å²) in [7, 11) is 0. The topological polar surface area (TPSA) is 82.6 Å². The van der Waals surface area contributed by atoms with Gasteiger partial charge in [0.15, 0.2) is 0 Å². The van der Waals surface area contributed by atoms with Crippen LogP contribution in [-0.4, -0.2) is 41.5 Å². The van der Waals surface area contributed by atoms with E-state index in [9.17, 15) is 0 Å². The van der Waals surface area contributed by atoms with E-state index in [1.54, 1.807) is 0 Å². The van der Waals surface area contributed by atoms with Crippen LogP contribution in [0, 0.1) is 6.92 Å². The molecule has 1 aromatic heterocycles. The van der Waals surface area contributed by atoms with E-state index >= 15 is 0 Å². The molecule has 0 unspecified atom stereocenters. The lowest BCUT2D eigenvalue weighted by molar-refractivity contribution is 0.280. The third kappa shape index (κ3) is 3.16. The van der Waals surface area contributed by atoms with Crippen molar-refractivity contribution in [2.75, 3.05) is 31.2 Å². The molecule has 5 nitrogen and oxygen atoms in total. The highest BCUT2D eigenvalue weighted by Crippen LogP contribution is 2.17. The predicted molar refractivity (Wildman–Crippen MR) is 63.3 cm³/mol. The van der Waals surface area contributed by atoms with Crippen molar-refractivity contribution >= 4 is 5.82 Å². The maximum Gasteiger partial charge on any atom is 0.133 e. The Hall–Kier alpha value is -1.17. The summed E-state index contributed by atoms with van der Waals surface area (Å²) < 4.78 is 0. The summed E-state index contributed by atoms with van der Waals surface area (Å²) in [6, 6.07) is 3.83. The Bertz CT molecular complexity index is 325. The molecule has 0 bridgehead atoms. The molecule has 0 aliphatic rings. The molecular weight excluding hydrogens is 206 g/mol. The lowest BCUT2D eigenvalue weighted by atomic mass is 10.2. The maximum absolute atomic E-state index is 8.98. The van der Waals surface area contributed by atoms with Gasteiger partial charge in [-0.25, -0.2) is 4.98 Å². The molecule has 0 aliphatic carbocycles. The van der Waals surface area contributed by atoms with Crippen LogP contribution in [0.5, 0.6) is 0 Å². The van der Waals surface area contributed by atoms with Crippen molar-refractivity contribution in [3.8, 4) is 0 Å². The van der Waals surface area contributed by atoms with Gasteiger partial charge in [0.1, 0.15) is 5.82 Å². The molecule has 0 fully saturated rings. The van der Waals surface area contributed by atoms with E-state index in [2.05, 4.69) is 4.98 Å². The second-order valence-electron chi connectivity index (χ2n) is 3.57. The SMILES string of the molecule is Cc1ccc(CN)c(N(CCO)CCO)n1. The van der Waals surface area contributed by atoms with Crippen molar-refractivity contribution in [2.45, 2.75) is 13.5 Å². The Kier molecular flexibility index (Phi) is 5.18. The average Bonchev–Trinajstić information content (AvgIpc) is 2.29. The van der Waals surface area contributed by atoms with E-state index in [-0.39, 0.29) is 13.2 Å². The van der Waals surface area contributed by atoms with Crippen LogP contribution in [0.3, 0.4) is 0 Å². The van der Waals surface area contributed by atoms with Gasteiger partial charge < -0.3 is 20.8 Å². The van der Waals surface area contributed by atoms with Crippen LogP contribution in [0.2, 0.25) is 0 Å². The third-order valence-electron chi connectivity index (χ3n) is 2.35. The molecule has 0 aromatic carbocycles. The van der Waals surface area contributed by atoms with Crippen LogP contribution >= 0.6 is 0 Å². The molecule has 0 aliphatic heterocycles. The predicted octanol–water partition coefficient (Wildman–Crippen LogP) is -0.360. The summed E-state index contributed by atoms with van der Waals surface area (Å²) in [5.74, 6) is 0.755. The van der Waals surface area contributed by atoms with Crippen LogP contribution in [0.1, 0.15) is 11.3 Å². The van der Waals surface area contributed by atoms with Crippen LogP contribution in [0.4, 0.5) is 5.82 Å².